The summed E-state index contributed by atoms with van der Waals surface area (Å²) in [6.45, 7) is 0. The third-order valence-electron chi connectivity index (χ3n) is 0.894. The summed E-state index contributed by atoms with van der Waals surface area (Å²) in [5, 5.41) is 8.42. The van der Waals surface area contributed by atoms with Crippen molar-refractivity contribution in [1.29, 1.82) is 0 Å². The van der Waals surface area contributed by atoms with Gasteiger partial charge in [0.05, 0.1) is 0 Å². The van der Waals surface area contributed by atoms with Gasteiger partial charge < -0.3 is 5.11 Å². The molecule has 1 N–H and O–H groups in total. The third kappa shape index (κ3) is 0.501. The molecule has 0 aromatic rings. The second-order valence-electron chi connectivity index (χ2n) is 1.45. The first-order valence-electron chi connectivity index (χ1n) is 2.11. The lowest BCUT2D eigenvalue weighted by Gasteiger charge is -1.70. The highest BCUT2D eigenvalue weighted by atomic mass is 16.4. The van der Waals surface area contributed by atoms with Crippen LogP contribution in [-0.4, -0.2) is 15.8 Å². The van der Waals surface area contributed by atoms with Crippen molar-refractivity contribution in [1.82, 2.24) is 0 Å². The third-order valence-corrected chi connectivity index (χ3v) is 0.894. The Labute approximate surface area is 45.0 Å². The normalized spacial score (nSPS) is 19.2. The van der Waals surface area contributed by atoms with Crippen LogP contribution in [0, 0.1) is 4.91 Å². The van der Waals surface area contributed by atoms with Gasteiger partial charge >= 0.3 is 11.8 Å². The Morgan fingerprint density at radius 1 is 1.75 bits per heavy atom. The summed E-state index contributed by atoms with van der Waals surface area (Å²) in [5.41, 5.74) is 0. The minimum absolute atomic E-state index is 0.0231. The average Bonchev–Trinajstić information content (AvgIpc) is 1.98. The maximum Gasteiger partial charge on any atom is 0.447 e. The molecular weight excluding hydrogens is 110 g/mol. The SMILES string of the molecule is O=C1CC=C(O)[N+]1=O. The van der Waals surface area contributed by atoms with Crippen molar-refractivity contribution in [2.75, 3.05) is 0 Å². The molecule has 0 fully saturated rings. The van der Waals surface area contributed by atoms with E-state index >= 15 is 0 Å². The van der Waals surface area contributed by atoms with E-state index in [1.54, 1.807) is 0 Å². The Balaban J connectivity index is 2.89. The van der Waals surface area contributed by atoms with E-state index in [-0.39, 0.29) is 11.2 Å². The van der Waals surface area contributed by atoms with Gasteiger partial charge in [0.25, 0.3) is 0 Å². The van der Waals surface area contributed by atoms with E-state index in [9.17, 15) is 9.70 Å². The van der Waals surface area contributed by atoms with Crippen LogP contribution in [0.1, 0.15) is 6.42 Å². The van der Waals surface area contributed by atoms with E-state index in [2.05, 4.69) is 0 Å². The van der Waals surface area contributed by atoms with Crippen molar-refractivity contribution in [2.24, 2.45) is 0 Å². The number of aliphatic hydroxyl groups excluding tert-OH is 1. The van der Waals surface area contributed by atoms with Gasteiger partial charge in [-0.1, -0.05) is 0 Å². The summed E-state index contributed by atoms with van der Waals surface area (Å²) in [5.74, 6) is -1.10. The largest absolute Gasteiger partial charge is 0.457 e. The van der Waals surface area contributed by atoms with Gasteiger partial charge in [0.1, 0.15) is 11.2 Å². The molecule has 1 amide bonds. The van der Waals surface area contributed by atoms with Crippen LogP contribution in [0.2, 0.25) is 0 Å². The molecule has 0 aromatic carbocycles. The zero-order valence-corrected chi connectivity index (χ0v) is 4.00. The summed E-state index contributed by atoms with van der Waals surface area (Å²) in [6, 6.07) is 0. The number of aliphatic hydroxyl groups is 1. The Kier molecular flexibility index (Phi) is 0.865. The van der Waals surface area contributed by atoms with Crippen LogP contribution in [0.25, 0.3) is 0 Å². The quantitative estimate of drug-likeness (QED) is 0.454. The minimum Gasteiger partial charge on any atom is -0.457 e. The molecule has 0 spiro atoms. The summed E-state index contributed by atoms with van der Waals surface area (Å²) in [7, 11) is 0. The van der Waals surface area contributed by atoms with Crippen molar-refractivity contribution in [3.63, 3.8) is 0 Å². The lowest BCUT2D eigenvalue weighted by atomic mass is 10.5. The van der Waals surface area contributed by atoms with Crippen LogP contribution in [0.3, 0.4) is 0 Å². The predicted octanol–water partition coefficient (Wildman–Crippen LogP) is 0.0950. The highest BCUT2D eigenvalue weighted by Gasteiger charge is 2.33. The standard InChI is InChI=1S/C4H3NO3/c6-3-1-2-4(7)5(3)8/h1H,2H2/p+1. The molecule has 4 nitrogen and oxygen atoms in total. The molecule has 0 unspecified atom stereocenters. The fourth-order valence-electron chi connectivity index (χ4n) is 0.472. The lowest BCUT2D eigenvalue weighted by molar-refractivity contribution is -0.442. The zero-order valence-electron chi connectivity index (χ0n) is 4.00. The monoisotopic (exact) mass is 114 g/mol. The van der Waals surface area contributed by atoms with E-state index in [1.165, 1.54) is 6.08 Å². The molecule has 1 aliphatic heterocycles. The number of amides is 1. The van der Waals surface area contributed by atoms with Gasteiger partial charge in [-0.3, -0.25) is 0 Å². The van der Waals surface area contributed by atoms with E-state index in [0.717, 1.165) is 0 Å². The number of nitrogens with zero attached hydrogens (tertiary/aromatic N) is 1. The topological polar surface area (TPSA) is 57.4 Å². The van der Waals surface area contributed by atoms with Crippen molar-refractivity contribution < 1.29 is 14.7 Å². The van der Waals surface area contributed by atoms with Gasteiger partial charge in [-0.05, 0) is 0 Å². The first kappa shape index (κ1) is 4.96. The van der Waals surface area contributed by atoms with Crippen molar-refractivity contribution in [3.8, 4) is 0 Å². The average molecular weight is 114 g/mol. The van der Waals surface area contributed by atoms with Gasteiger partial charge in [0.2, 0.25) is 0 Å². The summed E-state index contributed by atoms with van der Waals surface area (Å²) < 4.78 is -0.0278. The number of nitroso groups, excluding NO2 is 1. The van der Waals surface area contributed by atoms with Gasteiger partial charge in [-0.2, -0.15) is 0 Å². The molecule has 1 rings (SSSR count). The van der Waals surface area contributed by atoms with Gasteiger partial charge in [-0.15, -0.1) is 0 Å². The molecule has 42 valence electrons. The molecule has 1 aliphatic rings. The van der Waals surface area contributed by atoms with E-state index in [0.29, 0.717) is 0 Å². The number of hydrogen-bond acceptors (Lipinski definition) is 3. The van der Waals surface area contributed by atoms with E-state index < -0.39 is 11.8 Å². The number of carbonyl (C=O) groups is 1. The Morgan fingerprint density at radius 2 is 2.38 bits per heavy atom. The fourth-order valence-corrected chi connectivity index (χ4v) is 0.472. The summed E-state index contributed by atoms with van der Waals surface area (Å²) >= 11 is 0. The van der Waals surface area contributed by atoms with Crippen LogP contribution in [0.5, 0.6) is 0 Å². The van der Waals surface area contributed by atoms with Crippen molar-refractivity contribution in [2.45, 2.75) is 6.42 Å². The van der Waals surface area contributed by atoms with Crippen LogP contribution >= 0.6 is 0 Å². The van der Waals surface area contributed by atoms with Crippen molar-refractivity contribution >= 4 is 5.91 Å². The Hall–Kier alpha value is -1.19. The molecule has 0 saturated carbocycles. The zero-order chi connectivity index (χ0) is 6.15. The van der Waals surface area contributed by atoms with E-state index in [4.69, 9.17) is 5.11 Å². The molecule has 0 saturated heterocycles. The number of hydrogen-bond donors (Lipinski definition) is 1. The molecule has 0 radical (unpaired) electrons. The number of carbonyl (C=O) groups excluding carboxylic acids is 1. The molecule has 0 aliphatic carbocycles. The maximum atomic E-state index is 10.2. The second kappa shape index (κ2) is 1.40. The van der Waals surface area contributed by atoms with Crippen LogP contribution in [0.4, 0.5) is 0 Å². The highest BCUT2D eigenvalue weighted by Crippen LogP contribution is 2.04. The summed E-state index contributed by atoms with van der Waals surface area (Å²) in [6.07, 6.45) is 1.20. The van der Waals surface area contributed by atoms with Crippen LogP contribution < -0.4 is 0 Å². The minimum atomic E-state index is -0.609. The van der Waals surface area contributed by atoms with Crippen LogP contribution in [0.15, 0.2) is 12.0 Å². The molecular formula is C4H4NO3+. The molecule has 8 heavy (non-hydrogen) atoms. The Bertz CT molecular complexity index is 182. The Morgan fingerprint density at radius 3 is 2.50 bits per heavy atom. The molecule has 0 bridgehead atoms. The molecule has 0 atom stereocenters. The lowest BCUT2D eigenvalue weighted by Crippen LogP contribution is -2.08. The highest BCUT2D eigenvalue weighted by molar-refractivity contribution is 5.71. The van der Waals surface area contributed by atoms with Gasteiger partial charge in [0.15, 0.2) is 0 Å². The van der Waals surface area contributed by atoms with Gasteiger partial charge in [-0.25, -0.2) is 4.79 Å². The first-order valence-corrected chi connectivity index (χ1v) is 2.11. The van der Waals surface area contributed by atoms with Gasteiger partial charge in [0, 0.05) is 11.0 Å². The first-order chi connectivity index (χ1) is 3.72. The summed E-state index contributed by atoms with van der Waals surface area (Å²) in [4.78, 5) is 20.3. The molecule has 1 heterocycles. The predicted molar refractivity (Wildman–Crippen MR) is 24.0 cm³/mol. The van der Waals surface area contributed by atoms with Crippen molar-refractivity contribution in [3.05, 3.63) is 16.9 Å². The van der Waals surface area contributed by atoms with E-state index in [1.807, 2.05) is 0 Å². The second-order valence-corrected chi connectivity index (χ2v) is 1.45. The number of rotatable bonds is 0. The maximum absolute atomic E-state index is 10.2. The smallest absolute Gasteiger partial charge is 0.447 e. The molecule has 4 heteroatoms. The molecule has 0 aromatic heterocycles. The fraction of sp³-hybridized carbons (Fsp3) is 0.250. The van der Waals surface area contributed by atoms with Crippen LogP contribution in [-0.2, 0) is 4.79 Å².